The van der Waals surface area contributed by atoms with Gasteiger partial charge in [-0.15, -0.1) is 0 Å². The average Bonchev–Trinajstić information content (AvgIpc) is 2.52. The molecule has 0 aliphatic carbocycles. The fourth-order valence-corrected chi connectivity index (χ4v) is 3.65. The lowest BCUT2D eigenvalue weighted by Crippen LogP contribution is -2.02. The number of carboxylic acid groups (broad SMARTS) is 1. The third-order valence-electron chi connectivity index (χ3n) is 3.66. The van der Waals surface area contributed by atoms with Crippen LogP contribution >= 0.6 is 50.7 Å². The van der Waals surface area contributed by atoms with Crippen molar-refractivity contribution in [2.75, 3.05) is 0 Å². The fourth-order valence-electron chi connectivity index (χ4n) is 2.47. The summed E-state index contributed by atoms with van der Waals surface area (Å²) < 4.78 is 0.621. The zero-order valence-corrected chi connectivity index (χ0v) is 16.1. The molecule has 0 atom stereocenters. The zero-order chi connectivity index (χ0) is 17.6. The van der Waals surface area contributed by atoms with Gasteiger partial charge < -0.3 is 5.11 Å². The van der Waals surface area contributed by atoms with E-state index in [1.54, 1.807) is 31.2 Å². The minimum absolute atomic E-state index is 0.126. The molecule has 1 heterocycles. The maximum absolute atomic E-state index is 11.7. The standard InChI is InChI=1S/C17H9BrCl3NO2/c1-7-15(21)12(18)5-10-11(17(23)24)6-14(22-16(7)10)9-3-2-8(19)4-13(9)20/h2-6H,1H3,(H,23,24). The van der Waals surface area contributed by atoms with E-state index in [9.17, 15) is 9.90 Å². The molecule has 0 bridgehead atoms. The second kappa shape index (κ2) is 6.52. The number of fused-ring (bicyclic) bond motifs is 1. The van der Waals surface area contributed by atoms with E-state index >= 15 is 0 Å². The molecule has 3 aromatic rings. The topological polar surface area (TPSA) is 50.2 Å². The minimum Gasteiger partial charge on any atom is -0.478 e. The Bertz CT molecular complexity index is 1010. The van der Waals surface area contributed by atoms with Gasteiger partial charge >= 0.3 is 5.97 Å². The first-order valence-corrected chi connectivity index (χ1v) is 8.70. The number of hydrogen-bond acceptors (Lipinski definition) is 2. The van der Waals surface area contributed by atoms with Gasteiger partial charge in [-0.25, -0.2) is 9.78 Å². The summed E-state index contributed by atoms with van der Waals surface area (Å²) in [5.41, 5.74) is 2.38. The van der Waals surface area contributed by atoms with Gasteiger partial charge in [0.15, 0.2) is 0 Å². The van der Waals surface area contributed by atoms with Gasteiger partial charge in [-0.3, -0.25) is 0 Å². The molecule has 1 aromatic heterocycles. The quantitative estimate of drug-likeness (QED) is 0.482. The lowest BCUT2D eigenvalue weighted by molar-refractivity contribution is 0.0699. The monoisotopic (exact) mass is 443 g/mol. The van der Waals surface area contributed by atoms with Gasteiger partial charge in [0.2, 0.25) is 0 Å². The molecule has 0 saturated heterocycles. The van der Waals surface area contributed by atoms with Gasteiger partial charge in [-0.1, -0.05) is 34.8 Å². The van der Waals surface area contributed by atoms with Gasteiger partial charge in [0, 0.05) is 20.4 Å². The Morgan fingerprint density at radius 2 is 1.88 bits per heavy atom. The Morgan fingerprint density at radius 1 is 1.17 bits per heavy atom. The molecule has 122 valence electrons. The molecule has 0 unspecified atom stereocenters. The van der Waals surface area contributed by atoms with Crippen molar-refractivity contribution >= 4 is 67.6 Å². The van der Waals surface area contributed by atoms with Gasteiger partial charge in [-0.05, 0) is 58.7 Å². The van der Waals surface area contributed by atoms with Crippen LogP contribution in [0.5, 0.6) is 0 Å². The first-order valence-electron chi connectivity index (χ1n) is 6.77. The molecule has 1 N–H and O–H groups in total. The van der Waals surface area contributed by atoms with Crippen LogP contribution in [0.3, 0.4) is 0 Å². The molecule has 7 heteroatoms. The van der Waals surface area contributed by atoms with Gasteiger partial charge in [0.25, 0.3) is 0 Å². The molecule has 3 rings (SSSR count). The number of carbonyl (C=O) groups is 1. The predicted octanol–water partition coefficient (Wildman–Crippen LogP) is 6.63. The van der Waals surface area contributed by atoms with Crippen molar-refractivity contribution in [1.29, 1.82) is 0 Å². The molecule has 2 aromatic carbocycles. The Labute approximate surface area is 161 Å². The molecule has 0 aliphatic rings. The molecule has 0 spiro atoms. The molecule has 0 fully saturated rings. The van der Waals surface area contributed by atoms with Crippen LogP contribution in [0.25, 0.3) is 22.2 Å². The van der Waals surface area contributed by atoms with Crippen LogP contribution in [0.4, 0.5) is 0 Å². The third kappa shape index (κ3) is 3.00. The first kappa shape index (κ1) is 17.5. The van der Waals surface area contributed by atoms with Gasteiger partial charge in [0.05, 0.1) is 26.8 Å². The van der Waals surface area contributed by atoms with Crippen LogP contribution in [0, 0.1) is 6.92 Å². The highest BCUT2D eigenvalue weighted by Gasteiger charge is 2.18. The number of hydrogen-bond donors (Lipinski definition) is 1. The first-order chi connectivity index (χ1) is 11.3. The smallest absolute Gasteiger partial charge is 0.336 e. The van der Waals surface area contributed by atoms with E-state index in [0.29, 0.717) is 47.3 Å². The molecule has 24 heavy (non-hydrogen) atoms. The Balaban J connectivity index is 2.41. The zero-order valence-electron chi connectivity index (χ0n) is 12.2. The number of aryl methyl sites for hydroxylation is 1. The molecule has 0 aliphatic heterocycles. The Hall–Kier alpha value is -1.33. The van der Waals surface area contributed by atoms with E-state index in [4.69, 9.17) is 34.8 Å². The Morgan fingerprint density at radius 3 is 2.50 bits per heavy atom. The molecular formula is C17H9BrCl3NO2. The third-order valence-corrected chi connectivity index (χ3v) is 5.55. The van der Waals surface area contributed by atoms with Crippen molar-refractivity contribution in [3.05, 3.63) is 61.0 Å². The number of halogens is 4. The fraction of sp³-hybridized carbons (Fsp3) is 0.0588. The van der Waals surface area contributed by atoms with Crippen molar-refractivity contribution in [3.8, 4) is 11.3 Å². The maximum atomic E-state index is 11.7. The second-order valence-electron chi connectivity index (χ2n) is 5.18. The Kier molecular flexibility index (Phi) is 4.76. The largest absolute Gasteiger partial charge is 0.478 e. The average molecular weight is 446 g/mol. The summed E-state index contributed by atoms with van der Waals surface area (Å²) in [6.07, 6.45) is 0. The van der Waals surface area contributed by atoms with E-state index in [-0.39, 0.29) is 5.56 Å². The lowest BCUT2D eigenvalue weighted by atomic mass is 10.0. The van der Waals surface area contributed by atoms with Crippen LogP contribution in [-0.4, -0.2) is 16.1 Å². The van der Waals surface area contributed by atoms with Crippen molar-refractivity contribution in [1.82, 2.24) is 4.98 Å². The van der Waals surface area contributed by atoms with E-state index < -0.39 is 5.97 Å². The highest BCUT2D eigenvalue weighted by Crippen LogP contribution is 2.37. The molecule has 0 amide bonds. The summed E-state index contributed by atoms with van der Waals surface area (Å²) >= 11 is 21.8. The van der Waals surface area contributed by atoms with Crippen molar-refractivity contribution in [2.45, 2.75) is 6.92 Å². The molecule has 0 saturated carbocycles. The highest BCUT2D eigenvalue weighted by atomic mass is 79.9. The van der Waals surface area contributed by atoms with Crippen molar-refractivity contribution in [2.24, 2.45) is 0 Å². The van der Waals surface area contributed by atoms with E-state index in [0.717, 1.165) is 0 Å². The normalized spacial score (nSPS) is 11.0. The molecule has 0 radical (unpaired) electrons. The van der Waals surface area contributed by atoms with Crippen molar-refractivity contribution in [3.63, 3.8) is 0 Å². The number of carboxylic acids is 1. The van der Waals surface area contributed by atoms with Crippen LogP contribution in [-0.2, 0) is 0 Å². The number of aromatic nitrogens is 1. The molecule has 3 nitrogen and oxygen atoms in total. The molecular weight excluding hydrogens is 436 g/mol. The van der Waals surface area contributed by atoms with E-state index in [1.807, 2.05) is 0 Å². The summed E-state index contributed by atoms with van der Waals surface area (Å²) in [6, 6.07) is 8.14. The lowest BCUT2D eigenvalue weighted by Gasteiger charge is -2.12. The number of benzene rings is 2. The van der Waals surface area contributed by atoms with Crippen molar-refractivity contribution < 1.29 is 9.90 Å². The minimum atomic E-state index is -1.05. The van der Waals surface area contributed by atoms with Gasteiger partial charge in [-0.2, -0.15) is 0 Å². The summed E-state index contributed by atoms with van der Waals surface area (Å²) in [5, 5.41) is 11.5. The summed E-state index contributed by atoms with van der Waals surface area (Å²) in [7, 11) is 0. The highest BCUT2D eigenvalue weighted by molar-refractivity contribution is 9.10. The SMILES string of the molecule is Cc1c(Cl)c(Br)cc2c(C(=O)O)cc(-c3ccc(Cl)cc3Cl)nc12. The maximum Gasteiger partial charge on any atom is 0.336 e. The van der Waals surface area contributed by atoms with Crippen LogP contribution in [0.1, 0.15) is 15.9 Å². The van der Waals surface area contributed by atoms with E-state index in [1.165, 1.54) is 6.07 Å². The summed E-state index contributed by atoms with van der Waals surface area (Å²) in [4.78, 5) is 16.3. The van der Waals surface area contributed by atoms with Crippen LogP contribution in [0.2, 0.25) is 15.1 Å². The number of nitrogens with zero attached hydrogens (tertiary/aromatic N) is 1. The van der Waals surface area contributed by atoms with E-state index in [2.05, 4.69) is 20.9 Å². The van der Waals surface area contributed by atoms with Crippen LogP contribution < -0.4 is 0 Å². The second-order valence-corrected chi connectivity index (χ2v) is 7.25. The van der Waals surface area contributed by atoms with Crippen LogP contribution in [0.15, 0.2) is 34.8 Å². The summed E-state index contributed by atoms with van der Waals surface area (Å²) in [5.74, 6) is -1.05. The number of rotatable bonds is 2. The van der Waals surface area contributed by atoms with Gasteiger partial charge in [0.1, 0.15) is 0 Å². The predicted molar refractivity (Wildman–Crippen MR) is 102 cm³/mol. The number of aromatic carboxylic acids is 1. The summed E-state index contributed by atoms with van der Waals surface area (Å²) in [6.45, 7) is 1.79. The number of pyridine rings is 1.